The quantitative estimate of drug-likeness (QED) is 0.879. The van der Waals surface area contributed by atoms with Gasteiger partial charge in [-0.25, -0.2) is 14.4 Å². The van der Waals surface area contributed by atoms with Gasteiger partial charge in [0.2, 0.25) is 0 Å². The standard InChI is InChI=1S/C15H17ClFN3O/c1-3-6-18-14-8-13(19-15(20-14)9-21-2)11-5-4-10(17)7-12(11)16/h4-5,7-8H,3,6,9H2,1-2H3,(H,18,19,20). The topological polar surface area (TPSA) is 47.0 Å². The maximum Gasteiger partial charge on any atom is 0.157 e. The second-order valence-corrected chi connectivity index (χ2v) is 4.95. The third-order valence-corrected chi connectivity index (χ3v) is 3.12. The molecule has 0 amide bonds. The summed E-state index contributed by atoms with van der Waals surface area (Å²) in [6.45, 7) is 3.18. The summed E-state index contributed by atoms with van der Waals surface area (Å²) in [5.41, 5.74) is 1.30. The first kappa shape index (κ1) is 15.7. The van der Waals surface area contributed by atoms with Crippen LogP contribution in [0.2, 0.25) is 5.02 Å². The highest BCUT2D eigenvalue weighted by Gasteiger charge is 2.10. The number of methoxy groups -OCH3 is 1. The molecule has 4 nitrogen and oxygen atoms in total. The molecular weight excluding hydrogens is 293 g/mol. The molecule has 6 heteroatoms. The van der Waals surface area contributed by atoms with Gasteiger partial charge in [-0.05, 0) is 24.6 Å². The van der Waals surface area contributed by atoms with E-state index in [1.165, 1.54) is 12.1 Å². The highest BCUT2D eigenvalue weighted by molar-refractivity contribution is 6.33. The van der Waals surface area contributed by atoms with Crippen LogP contribution in [0.3, 0.4) is 0 Å². The summed E-state index contributed by atoms with van der Waals surface area (Å²) >= 11 is 6.10. The maximum absolute atomic E-state index is 13.2. The van der Waals surface area contributed by atoms with E-state index in [1.807, 2.05) is 0 Å². The molecule has 0 saturated carbocycles. The number of anilines is 1. The minimum Gasteiger partial charge on any atom is -0.377 e. The van der Waals surface area contributed by atoms with Gasteiger partial charge in [0.1, 0.15) is 18.2 Å². The van der Waals surface area contributed by atoms with Crippen molar-refractivity contribution in [2.75, 3.05) is 19.0 Å². The van der Waals surface area contributed by atoms with Crippen LogP contribution >= 0.6 is 11.6 Å². The third-order valence-electron chi connectivity index (χ3n) is 2.81. The first-order chi connectivity index (χ1) is 10.1. The summed E-state index contributed by atoms with van der Waals surface area (Å²) in [4.78, 5) is 8.78. The summed E-state index contributed by atoms with van der Waals surface area (Å²) in [6, 6.07) is 6.04. The zero-order valence-corrected chi connectivity index (χ0v) is 12.7. The summed E-state index contributed by atoms with van der Waals surface area (Å²) in [7, 11) is 1.58. The smallest absolute Gasteiger partial charge is 0.157 e. The molecule has 112 valence electrons. The van der Waals surface area contributed by atoms with Gasteiger partial charge in [-0.1, -0.05) is 18.5 Å². The van der Waals surface area contributed by atoms with Crippen LogP contribution in [0.25, 0.3) is 11.3 Å². The van der Waals surface area contributed by atoms with Crippen LogP contribution in [0.15, 0.2) is 24.3 Å². The summed E-state index contributed by atoms with van der Waals surface area (Å²) in [5, 5.41) is 3.53. The van der Waals surface area contributed by atoms with E-state index < -0.39 is 0 Å². The van der Waals surface area contributed by atoms with E-state index in [0.717, 1.165) is 13.0 Å². The number of benzene rings is 1. The van der Waals surface area contributed by atoms with E-state index in [0.29, 0.717) is 34.5 Å². The molecule has 21 heavy (non-hydrogen) atoms. The molecule has 0 aliphatic rings. The SMILES string of the molecule is CCCNc1cc(-c2ccc(F)cc2Cl)nc(COC)n1. The molecule has 0 atom stereocenters. The number of rotatable bonds is 6. The van der Waals surface area contributed by atoms with Crippen molar-refractivity contribution in [2.24, 2.45) is 0 Å². The summed E-state index contributed by atoms with van der Waals surface area (Å²) in [6.07, 6.45) is 0.982. The molecule has 1 heterocycles. The van der Waals surface area contributed by atoms with E-state index in [9.17, 15) is 4.39 Å². The number of hydrogen-bond acceptors (Lipinski definition) is 4. The molecule has 2 rings (SSSR count). The van der Waals surface area contributed by atoms with Crippen LogP contribution in [0.4, 0.5) is 10.2 Å². The second kappa shape index (κ2) is 7.33. The van der Waals surface area contributed by atoms with Crippen molar-refractivity contribution >= 4 is 17.4 Å². The fourth-order valence-corrected chi connectivity index (χ4v) is 2.13. The van der Waals surface area contributed by atoms with Gasteiger partial charge in [-0.3, -0.25) is 0 Å². The number of nitrogens with zero attached hydrogens (tertiary/aromatic N) is 2. The molecular formula is C15H17ClFN3O. The Morgan fingerprint density at radius 3 is 2.76 bits per heavy atom. The van der Waals surface area contributed by atoms with Crippen molar-refractivity contribution in [3.8, 4) is 11.3 Å². The van der Waals surface area contributed by atoms with Crippen molar-refractivity contribution in [3.05, 3.63) is 40.9 Å². The van der Waals surface area contributed by atoms with E-state index in [4.69, 9.17) is 16.3 Å². The molecule has 0 saturated heterocycles. The Morgan fingerprint density at radius 2 is 2.10 bits per heavy atom. The number of nitrogens with one attached hydrogen (secondary N) is 1. The highest BCUT2D eigenvalue weighted by Crippen LogP contribution is 2.28. The zero-order chi connectivity index (χ0) is 15.2. The Bertz CT molecular complexity index is 622. The average molecular weight is 310 g/mol. The largest absolute Gasteiger partial charge is 0.377 e. The van der Waals surface area contributed by atoms with E-state index >= 15 is 0 Å². The normalized spacial score (nSPS) is 10.7. The highest BCUT2D eigenvalue weighted by atomic mass is 35.5. The van der Waals surface area contributed by atoms with Gasteiger partial charge in [-0.2, -0.15) is 0 Å². The van der Waals surface area contributed by atoms with E-state index in [2.05, 4.69) is 22.2 Å². The molecule has 1 aromatic heterocycles. The monoisotopic (exact) mass is 309 g/mol. The summed E-state index contributed by atoms with van der Waals surface area (Å²) < 4.78 is 18.2. The lowest BCUT2D eigenvalue weighted by atomic mass is 10.1. The van der Waals surface area contributed by atoms with Gasteiger partial charge >= 0.3 is 0 Å². The van der Waals surface area contributed by atoms with E-state index in [-0.39, 0.29) is 5.82 Å². The molecule has 0 radical (unpaired) electrons. The first-order valence-electron chi connectivity index (χ1n) is 6.70. The second-order valence-electron chi connectivity index (χ2n) is 4.54. The molecule has 0 bridgehead atoms. The molecule has 0 spiro atoms. The fourth-order valence-electron chi connectivity index (χ4n) is 1.87. The van der Waals surface area contributed by atoms with Crippen molar-refractivity contribution in [2.45, 2.75) is 20.0 Å². The van der Waals surface area contributed by atoms with Gasteiger partial charge in [0.25, 0.3) is 0 Å². The molecule has 0 aliphatic carbocycles. The average Bonchev–Trinajstić information content (AvgIpc) is 2.45. The Labute approximate surface area is 128 Å². The fraction of sp³-hybridized carbons (Fsp3) is 0.333. The predicted molar refractivity (Wildman–Crippen MR) is 81.9 cm³/mol. The van der Waals surface area contributed by atoms with Crippen molar-refractivity contribution < 1.29 is 9.13 Å². The minimum atomic E-state index is -0.376. The van der Waals surface area contributed by atoms with Gasteiger partial charge in [0.15, 0.2) is 5.82 Å². The molecule has 1 N–H and O–H groups in total. The minimum absolute atomic E-state index is 0.299. The third kappa shape index (κ3) is 4.12. The van der Waals surface area contributed by atoms with Gasteiger partial charge in [0.05, 0.1) is 10.7 Å². The zero-order valence-electron chi connectivity index (χ0n) is 12.0. The molecule has 0 fully saturated rings. The Hall–Kier alpha value is -1.72. The van der Waals surface area contributed by atoms with Gasteiger partial charge < -0.3 is 10.1 Å². The van der Waals surface area contributed by atoms with E-state index in [1.54, 1.807) is 19.2 Å². The molecule has 2 aromatic rings. The van der Waals surface area contributed by atoms with Crippen molar-refractivity contribution in [3.63, 3.8) is 0 Å². The molecule has 1 aromatic carbocycles. The Balaban J connectivity index is 2.43. The van der Waals surface area contributed by atoms with Crippen LogP contribution < -0.4 is 5.32 Å². The van der Waals surface area contributed by atoms with Crippen LogP contribution in [0.1, 0.15) is 19.2 Å². The van der Waals surface area contributed by atoms with Crippen molar-refractivity contribution in [1.29, 1.82) is 0 Å². The van der Waals surface area contributed by atoms with Gasteiger partial charge in [0, 0.05) is 25.3 Å². The van der Waals surface area contributed by atoms with Crippen LogP contribution in [0, 0.1) is 5.82 Å². The maximum atomic E-state index is 13.2. The number of ether oxygens (including phenoxy) is 1. The Kier molecular flexibility index (Phi) is 5.47. The number of hydrogen-bond donors (Lipinski definition) is 1. The lowest BCUT2D eigenvalue weighted by Gasteiger charge is -2.10. The van der Waals surface area contributed by atoms with Gasteiger partial charge in [-0.15, -0.1) is 0 Å². The number of aromatic nitrogens is 2. The summed E-state index contributed by atoms with van der Waals surface area (Å²) in [5.74, 6) is 0.877. The van der Waals surface area contributed by atoms with Crippen LogP contribution in [-0.2, 0) is 11.3 Å². The molecule has 0 aliphatic heterocycles. The van der Waals surface area contributed by atoms with Crippen molar-refractivity contribution in [1.82, 2.24) is 9.97 Å². The predicted octanol–water partition coefficient (Wildman–Crippen LogP) is 3.90. The molecule has 0 unspecified atom stereocenters. The van der Waals surface area contributed by atoms with Crippen LogP contribution in [0.5, 0.6) is 0 Å². The lowest BCUT2D eigenvalue weighted by Crippen LogP contribution is -2.06. The number of halogens is 2. The Morgan fingerprint density at radius 1 is 1.29 bits per heavy atom. The first-order valence-corrected chi connectivity index (χ1v) is 7.08. The lowest BCUT2D eigenvalue weighted by molar-refractivity contribution is 0.178. The van der Waals surface area contributed by atoms with Crippen LogP contribution in [-0.4, -0.2) is 23.6 Å².